The highest BCUT2D eigenvalue weighted by Gasteiger charge is 2.50. The lowest BCUT2D eigenvalue weighted by Gasteiger charge is -2.48. The number of nitrogens with one attached hydrogen (secondary N) is 2. The Balaban J connectivity index is 1.42. The lowest BCUT2D eigenvalue weighted by molar-refractivity contribution is -0.136. The topological polar surface area (TPSA) is 84.3 Å². The molecule has 1 saturated carbocycles. The number of nitriles is 1. The minimum atomic E-state index is -0.354. The normalized spacial score (nSPS) is 28.7. The Morgan fingerprint density at radius 2 is 2.14 bits per heavy atom. The molecule has 2 aromatic rings. The highest BCUT2D eigenvalue weighted by atomic mass is 79.9. The van der Waals surface area contributed by atoms with Crippen molar-refractivity contribution in [2.24, 2.45) is 17.3 Å². The third-order valence-electron chi connectivity index (χ3n) is 8.89. The average Bonchev–Trinajstić information content (AvgIpc) is 3.50. The van der Waals surface area contributed by atoms with Gasteiger partial charge in [-0.3, -0.25) is 15.6 Å². The third-order valence-corrected chi connectivity index (χ3v) is 9.23. The van der Waals surface area contributed by atoms with Crippen LogP contribution in [0.3, 0.4) is 0 Å². The summed E-state index contributed by atoms with van der Waals surface area (Å²) in [5.41, 5.74) is 8.59. The highest BCUT2D eigenvalue weighted by molar-refractivity contribution is 9.12. The maximum Gasteiger partial charge on any atom is 0.260 e. The number of rotatable bonds is 3. The largest absolute Gasteiger partial charge is 0.355 e. The first-order chi connectivity index (χ1) is 17.3. The van der Waals surface area contributed by atoms with E-state index in [-0.39, 0.29) is 23.1 Å². The predicted octanol–water partition coefficient (Wildman–Crippen LogP) is 3.80. The second-order valence-electron chi connectivity index (χ2n) is 11.1. The number of hydrazine groups is 1. The molecule has 1 aromatic carbocycles. The van der Waals surface area contributed by atoms with Crippen molar-refractivity contribution >= 4 is 38.6 Å². The van der Waals surface area contributed by atoms with E-state index in [9.17, 15) is 10.1 Å². The van der Waals surface area contributed by atoms with Gasteiger partial charge in [0.15, 0.2) is 0 Å². The summed E-state index contributed by atoms with van der Waals surface area (Å²) in [6.45, 7) is 9.53. The van der Waals surface area contributed by atoms with Gasteiger partial charge in [0.1, 0.15) is 23.2 Å². The Morgan fingerprint density at radius 1 is 1.33 bits per heavy atom. The SMILES string of the molecule is C=C(Br)C(=O)N1CC2(CCN(c3nc4c(F)cccc4c(C4C(C)CCC5NNCC54)c3C#N)C2)C1. The van der Waals surface area contributed by atoms with Crippen molar-refractivity contribution in [1.82, 2.24) is 20.7 Å². The zero-order valence-electron chi connectivity index (χ0n) is 20.4. The van der Waals surface area contributed by atoms with Crippen LogP contribution < -0.4 is 15.8 Å². The second-order valence-corrected chi connectivity index (χ2v) is 12.0. The van der Waals surface area contributed by atoms with E-state index in [1.807, 2.05) is 6.07 Å². The zero-order valence-corrected chi connectivity index (χ0v) is 21.9. The van der Waals surface area contributed by atoms with Crippen molar-refractivity contribution in [2.45, 2.75) is 38.1 Å². The smallest absolute Gasteiger partial charge is 0.260 e. The van der Waals surface area contributed by atoms with Gasteiger partial charge in [-0.25, -0.2) is 9.37 Å². The standard InChI is InChI=1S/C27H30BrFN6O/c1-15-6-7-21-19(11-31-33-21)22(15)23-17-4-3-5-20(29)24(17)32-25(18(23)10-30)34-9-8-27(12-34)13-35(14-27)26(36)16(2)28/h3-5,15,19,21-22,31,33H,2,6-9,11-14H2,1H3. The molecule has 4 fully saturated rings. The van der Waals surface area contributed by atoms with Crippen molar-refractivity contribution < 1.29 is 9.18 Å². The Hall–Kier alpha value is -2.54. The van der Waals surface area contributed by atoms with Gasteiger partial charge in [0.05, 0.1) is 10.0 Å². The fourth-order valence-electron chi connectivity index (χ4n) is 7.16. The molecule has 1 spiro atoms. The number of amides is 1. The molecular weight excluding hydrogens is 523 g/mol. The first-order valence-electron chi connectivity index (χ1n) is 12.7. The summed E-state index contributed by atoms with van der Waals surface area (Å²) in [7, 11) is 0. The van der Waals surface area contributed by atoms with Crippen molar-refractivity contribution in [3.8, 4) is 6.07 Å². The van der Waals surface area contributed by atoms with Gasteiger partial charge in [-0.2, -0.15) is 5.26 Å². The van der Waals surface area contributed by atoms with Crippen LogP contribution in [0, 0.1) is 34.4 Å². The molecule has 188 valence electrons. The van der Waals surface area contributed by atoms with E-state index in [2.05, 4.69) is 51.3 Å². The van der Waals surface area contributed by atoms with E-state index >= 15 is 4.39 Å². The first-order valence-corrected chi connectivity index (χ1v) is 13.5. The number of anilines is 1. The van der Waals surface area contributed by atoms with E-state index in [0.29, 0.717) is 58.9 Å². The van der Waals surface area contributed by atoms with Crippen LogP contribution in [0.4, 0.5) is 10.2 Å². The van der Waals surface area contributed by atoms with Gasteiger partial charge in [0, 0.05) is 49.6 Å². The Bertz CT molecular complexity index is 1300. The van der Waals surface area contributed by atoms with Gasteiger partial charge in [0.2, 0.25) is 0 Å². The molecule has 36 heavy (non-hydrogen) atoms. The zero-order chi connectivity index (χ0) is 25.2. The maximum atomic E-state index is 15.2. The Morgan fingerprint density at radius 3 is 2.89 bits per heavy atom. The summed E-state index contributed by atoms with van der Waals surface area (Å²) >= 11 is 3.19. The summed E-state index contributed by atoms with van der Waals surface area (Å²) in [4.78, 5) is 21.0. The molecule has 0 radical (unpaired) electrons. The molecule has 2 N–H and O–H groups in total. The van der Waals surface area contributed by atoms with Crippen LogP contribution in [0.2, 0.25) is 0 Å². The molecule has 3 aliphatic heterocycles. The number of aromatic nitrogens is 1. The average molecular weight is 553 g/mol. The quantitative estimate of drug-likeness (QED) is 0.563. The summed E-state index contributed by atoms with van der Waals surface area (Å²) in [5.74, 6) is 0.985. The molecule has 0 bridgehead atoms. The summed E-state index contributed by atoms with van der Waals surface area (Å²) < 4.78 is 15.6. The van der Waals surface area contributed by atoms with Crippen molar-refractivity contribution in [2.75, 3.05) is 37.6 Å². The van der Waals surface area contributed by atoms with E-state index in [1.54, 1.807) is 11.0 Å². The number of fused-ring (bicyclic) bond motifs is 2. The van der Waals surface area contributed by atoms with E-state index in [0.717, 1.165) is 43.3 Å². The minimum Gasteiger partial charge on any atom is -0.355 e. The monoisotopic (exact) mass is 552 g/mol. The van der Waals surface area contributed by atoms with Crippen LogP contribution in [0.5, 0.6) is 0 Å². The number of benzene rings is 1. The lowest BCUT2D eigenvalue weighted by atomic mass is 9.66. The second kappa shape index (κ2) is 8.79. The molecular formula is C27H30BrFN6O. The fraction of sp³-hybridized carbons (Fsp3) is 0.519. The molecule has 4 atom stereocenters. The summed E-state index contributed by atoms with van der Waals surface area (Å²) in [5, 5.41) is 11.3. The van der Waals surface area contributed by atoms with Crippen molar-refractivity contribution in [3.05, 3.63) is 46.2 Å². The molecule has 4 heterocycles. The molecule has 7 nitrogen and oxygen atoms in total. The van der Waals surface area contributed by atoms with Gasteiger partial charge in [0.25, 0.3) is 5.91 Å². The molecule has 6 rings (SSSR count). The highest BCUT2D eigenvalue weighted by Crippen LogP contribution is 2.49. The lowest BCUT2D eigenvalue weighted by Crippen LogP contribution is -2.59. The minimum absolute atomic E-state index is 0.0284. The van der Waals surface area contributed by atoms with Crippen LogP contribution in [-0.4, -0.2) is 54.6 Å². The van der Waals surface area contributed by atoms with Gasteiger partial charge in [-0.15, -0.1) is 0 Å². The van der Waals surface area contributed by atoms with Gasteiger partial charge in [-0.05, 0) is 64.6 Å². The van der Waals surface area contributed by atoms with Crippen LogP contribution in [0.25, 0.3) is 10.9 Å². The first kappa shape index (κ1) is 23.8. The number of hydrogen-bond acceptors (Lipinski definition) is 6. The molecule has 9 heteroatoms. The molecule has 4 aliphatic rings. The molecule has 4 unspecified atom stereocenters. The number of hydrogen-bond donors (Lipinski definition) is 2. The fourth-order valence-corrected chi connectivity index (χ4v) is 7.42. The number of carbonyl (C=O) groups is 1. The van der Waals surface area contributed by atoms with Gasteiger partial charge < -0.3 is 9.80 Å². The Labute approximate surface area is 218 Å². The molecule has 1 aromatic heterocycles. The summed E-state index contributed by atoms with van der Waals surface area (Å²) in [6.07, 6.45) is 3.04. The van der Waals surface area contributed by atoms with Crippen LogP contribution in [0.15, 0.2) is 29.3 Å². The van der Waals surface area contributed by atoms with Gasteiger partial charge >= 0.3 is 0 Å². The van der Waals surface area contributed by atoms with E-state index in [4.69, 9.17) is 4.98 Å². The van der Waals surface area contributed by atoms with Gasteiger partial charge in [-0.1, -0.05) is 25.6 Å². The van der Waals surface area contributed by atoms with E-state index < -0.39 is 0 Å². The molecule has 3 saturated heterocycles. The number of pyridine rings is 1. The number of halogens is 2. The number of carbonyl (C=O) groups excluding carboxylic acids is 1. The molecule has 1 amide bonds. The molecule has 1 aliphatic carbocycles. The van der Waals surface area contributed by atoms with Crippen LogP contribution >= 0.6 is 15.9 Å². The number of para-hydroxylation sites is 1. The van der Waals surface area contributed by atoms with Crippen molar-refractivity contribution in [3.63, 3.8) is 0 Å². The van der Waals surface area contributed by atoms with Crippen LogP contribution in [-0.2, 0) is 4.79 Å². The number of nitrogens with zero attached hydrogens (tertiary/aromatic N) is 4. The van der Waals surface area contributed by atoms with E-state index in [1.165, 1.54) is 6.07 Å². The summed E-state index contributed by atoms with van der Waals surface area (Å²) in [6, 6.07) is 7.95. The third kappa shape index (κ3) is 3.65. The Kier molecular flexibility index (Phi) is 5.82. The number of likely N-dealkylation sites (tertiary alicyclic amines) is 1. The van der Waals surface area contributed by atoms with Crippen LogP contribution in [0.1, 0.15) is 43.2 Å². The van der Waals surface area contributed by atoms with Crippen molar-refractivity contribution in [1.29, 1.82) is 5.26 Å². The maximum absolute atomic E-state index is 15.2. The predicted molar refractivity (Wildman–Crippen MR) is 140 cm³/mol.